The minimum absolute atomic E-state index is 0.0139. The van der Waals surface area contributed by atoms with Crippen LogP contribution in [0.5, 0.6) is 17.2 Å². The summed E-state index contributed by atoms with van der Waals surface area (Å²) in [6.07, 6.45) is -5.67. The lowest BCUT2D eigenvalue weighted by Crippen LogP contribution is -2.41. The van der Waals surface area contributed by atoms with Gasteiger partial charge in [0, 0.05) is 11.8 Å². The molecular formula is C33H41F3N4O11. The first-order valence-corrected chi connectivity index (χ1v) is 15.3. The number of hydrogen-bond donors (Lipinski definition) is 5. The molecule has 0 saturated carbocycles. The van der Waals surface area contributed by atoms with Crippen molar-refractivity contribution in [2.75, 3.05) is 18.5 Å². The number of benzene rings is 2. The number of amides is 1. The molecule has 1 aliphatic rings. The van der Waals surface area contributed by atoms with Gasteiger partial charge in [-0.3, -0.25) is 19.8 Å². The highest BCUT2D eigenvalue weighted by Gasteiger charge is 2.40. The maximum absolute atomic E-state index is 13.3. The molecule has 1 amide bonds. The molecule has 0 radical (unpaired) electrons. The van der Waals surface area contributed by atoms with Gasteiger partial charge in [0.25, 0.3) is 0 Å². The number of fused-ring (bicyclic) bond motifs is 2. The molecule has 51 heavy (non-hydrogen) atoms. The smallest absolute Gasteiger partial charge is 0.489 e. The van der Waals surface area contributed by atoms with Gasteiger partial charge in [0.15, 0.2) is 17.5 Å². The molecule has 18 heteroatoms. The molecule has 0 bridgehead atoms. The Balaban J connectivity index is 0.00000116. The van der Waals surface area contributed by atoms with E-state index in [1.54, 1.807) is 59.7 Å². The van der Waals surface area contributed by atoms with Crippen LogP contribution in [0, 0.1) is 17.2 Å². The van der Waals surface area contributed by atoms with E-state index in [1.165, 1.54) is 18.2 Å². The summed E-state index contributed by atoms with van der Waals surface area (Å²) in [7, 11) is 0. The number of aliphatic carboxylic acids is 1. The molecule has 0 aliphatic carbocycles. The molecule has 7 N–H and O–H groups in total. The number of carbonyl (C=O) groups is 5. The minimum Gasteiger partial charge on any atom is -0.489 e. The predicted molar refractivity (Wildman–Crippen MR) is 174 cm³/mol. The second kappa shape index (κ2) is 16.9. The van der Waals surface area contributed by atoms with E-state index in [2.05, 4.69) is 5.32 Å². The minimum atomic E-state index is -5.08. The molecule has 2 unspecified atom stereocenters. The number of ether oxygens (including phenoxy) is 5. The largest absolute Gasteiger partial charge is 0.490 e. The van der Waals surface area contributed by atoms with Crippen molar-refractivity contribution >= 4 is 41.4 Å². The van der Waals surface area contributed by atoms with Crippen LogP contribution in [0.4, 0.5) is 18.9 Å². The van der Waals surface area contributed by atoms with E-state index in [9.17, 15) is 32.3 Å². The lowest BCUT2D eigenvalue weighted by molar-refractivity contribution is -0.192. The quantitative estimate of drug-likeness (QED) is 0.112. The van der Waals surface area contributed by atoms with Crippen molar-refractivity contribution in [3.05, 3.63) is 47.5 Å². The number of primary amides is 1. The summed E-state index contributed by atoms with van der Waals surface area (Å²) in [5, 5.41) is 17.2. The zero-order chi connectivity index (χ0) is 38.9. The van der Waals surface area contributed by atoms with E-state index in [1.807, 2.05) is 0 Å². The fourth-order valence-electron chi connectivity index (χ4n) is 4.47. The molecule has 0 saturated heterocycles. The number of nitrogens with one attached hydrogen (secondary N) is 2. The normalized spacial score (nSPS) is 14.2. The summed E-state index contributed by atoms with van der Waals surface area (Å²) >= 11 is 0. The number of nitrogens with two attached hydrogens (primary N) is 2. The van der Waals surface area contributed by atoms with Gasteiger partial charge in [-0.2, -0.15) is 13.2 Å². The van der Waals surface area contributed by atoms with Crippen LogP contribution in [0.25, 0.3) is 0 Å². The third-order valence-corrected chi connectivity index (χ3v) is 6.38. The molecule has 280 valence electrons. The first-order valence-electron chi connectivity index (χ1n) is 15.3. The molecule has 2 aromatic rings. The van der Waals surface area contributed by atoms with Crippen LogP contribution in [0.1, 0.15) is 63.9 Å². The van der Waals surface area contributed by atoms with E-state index in [0.717, 1.165) is 0 Å². The van der Waals surface area contributed by atoms with Crippen LogP contribution in [-0.2, 0) is 35.1 Å². The Labute approximate surface area is 291 Å². The Hall–Kier alpha value is -5.55. The van der Waals surface area contributed by atoms with Gasteiger partial charge >= 0.3 is 30.1 Å². The molecule has 0 spiro atoms. The molecule has 1 aliphatic heterocycles. The van der Waals surface area contributed by atoms with E-state index < -0.39 is 65.4 Å². The lowest BCUT2D eigenvalue weighted by Gasteiger charge is -2.29. The average Bonchev–Trinajstić information content (AvgIpc) is 2.95. The number of carboxylic acid groups (broad SMARTS) is 1. The Morgan fingerprint density at radius 1 is 0.922 bits per heavy atom. The first kappa shape index (κ1) is 41.6. The topological polar surface area (TPSA) is 240 Å². The molecule has 0 aromatic heterocycles. The SMILES string of the molecule is CC(C)(C)OC(=O)CC(C(=O)OC(C)(C)C)C(Cc1cccc2c1OCCOc1cc(NC(=N)N)ccc1C(=O)O2)C(N)=O.O=C(O)C(F)(F)F. The maximum Gasteiger partial charge on any atom is 0.490 e. The van der Waals surface area contributed by atoms with Crippen LogP contribution in [-0.4, -0.2) is 71.4 Å². The summed E-state index contributed by atoms with van der Waals surface area (Å²) in [6.45, 7) is 10.1. The summed E-state index contributed by atoms with van der Waals surface area (Å²) < 4.78 is 60.1. The highest BCUT2D eigenvalue weighted by atomic mass is 19.4. The Bertz CT molecular complexity index is 1630. The van der Waals surface area contributed by atoms with E-state index >= 15 is 0 Å². The van der Waals surface area contributed by atoms with Gasteiger partial charge in [-0.15, -0.1) is 0 Å². The van der Waals surface area contributed by atoms with Crippen molar-refractivity contribution in [3.63, 3.8) is 0 Å². The van der Waals surface area contributed by atoms with Gasteiger partial charge in [0.05, 0.1) is 18.3 Å². The number of halogens is 3. The molecule has 15 nitrogen and oxygen atoms in total. The zero-order valence-electron chi connectivity index (χ0n) is 28.8. The number of para-hydroxylation sites is 1. The van der Waals surface area contributed by atoms with Crippen LogP contribution < -0.4 is 31.0 Å². The maximum atomic E-state index is 13.3. The molecule has 3 rings (SSSR count). The summed E-state index contributed by atoms with van der Waals surface area (Å²) in [5.74, 6) is -8.18. The van der Waals surface area contributed by atoms with Crippen molar-refractivity contribution < 1.29 is 65.9 Å². The number of rotatable bonds is 8. The lowest BCUT2D eigenvalue weighted by atomic mass is 9.83. The van der Waals surface area contributed by atoms with Gasteiger partial charge in [-0.1, -0.05) is 12.1 Å². The third-order valence-electron chi connectivity index (χ3n) is 6.38. The van der Waals surface area contributed by atoms with Crippen molar-refractivity contribution in [2.45, 2.75) is 71.8 Å². The highest BCUT2D eigenvalue weighted by Crippen LogP contribution is 2.37. The van der Waals surface area contributed by atoms with Gasteiger partial charge in [-0.25, -0.2) is 9.59 Å². The second-order valence-electron chi connectivity index (χ2n) is 13.0. The number of esters is 3. The van der Waals surface area contributed by atoms with Crippen molar-refractivity contribution in [1.29, 1.82) is 5.41 Å². The first-order chi connectivity index (χ1) is 23.4. The fraction of sp³-hybridized carbons (Fsp3) is 0.455. The average molecular weight is 727 g/mol. The number of carboxylic acids is 1. The highest BCUT2D eigenvalue weighted by molar-refractivity contribution is 5.96. The molecule has 2 atom stereocenters. The third kappa shape index (κ3) is 13.7. The van der Waals surface area contributed by atoms with Gasteiger partial charge in [0.2, 0.25) is 5.91 Å². The molecule has 2 aromatic carbocycles. The number of guanidine groups is 1. The number of anilines is 1. The Morgan fingerprint density at radius 3 is 2.04 bits per heavy atom. The van der Waals surface area contributed by atoms with Gasteiger partial charge < -0.3 is 45.6 Å². The summed E-state index contributed by atoms with van der Waals surface area (Å²) in [5.41, 5.74) is 10.4. The van der Waals surface area contributed by atoms with Crippen molar-refractivity contribution in [2.24, 2.45) is 23.3 Å². The zero-order valence-corrected chi connectivity index (χ0v) is 28.8. The standard InChI is InChI=1S/C31H40N4O9.C2HF3O2/c1-30(2,3)43-24(36)16-21(28(39)44-31(4,5)6)20(26(32)37)14-17-8-7-9-22-25(17)41-13-12-40-23-15-18(35-29(33)34)10-11-19(23)27(38)42-22;3-2(4,5)1(6)7/h7-11,15,20-21H,12-14,16H2,1-6H3,(H2,32,37)(H4,33,34,35);(H,6,7). The predicted octanol–water partition coefficient (Wildman–Crippen LogP) is 3.95. The molecule has 1 heterocycles. The Morgan fingerprint density at radius 2 is 1.51 bits per heavy atom. The number of carbonyl (C=O) groups excluding carboxylic acids is 4. The van der Waals surface area contributed by atoms with Crippen LogP contribution in [0.2, 0.25) is 0 Å². The van der Waals surface area contributed by atoms with Gasteiger partial charge in [0.1, 0.15) is 35.7 Å². The van der Waals surface area contributed by atoms with Gasteiger partial charge in [-0.05, 0) is 71.7 Å². The van der Waals surface area contributed by atoms with Crippen LogP contribution in [0.15, 0.2) is 36.4 Å². The molecule has 0 fully saturated rings. The summed E-state index contributed by atoms with van der Waals surface area (Å²) in [6, 6.07) is 9.29. The van der Waals surface area contributed by atoms with E-state index in [4.69, 9.17) is 50.5 Å². The van der Waals surface area contributed by atoms with Crippen LogP contribution in [0.3, 0.4) is 0 Å². The van der Waals surface area contributed by atoms with E-state index in [-0.39, 0.29) is 48.4 Å². The fourth-order valence-corrected chi connectivity index (χ4v) is 4.47. The van der Waals surface area contributed by atoms with Crippen molar-refractivity contribution in [1.82, 2.24) is 0 Å². The second-order valence-corrected chi connectivity index (χ2v) is 13.0. The monoisotopic (exact) mass is 726 g/mol. The van der Waals surface area contributed by atoms with Crippen molar-refractivity contribution in [3.8, 4) is 17.2 Å². The summed E-state index contributed by atoms with van der Waals surface area (Å²) in [4.78, 5) is 61.1. The number of alkyl halides is 3. The van der Waals surface area contributed by atoms with E-state index in [0.29, 0.717) is 11.3 Å². The number of hydrogen-bond acceptors (Lipinski definition) is 11. The molecular weight excluding hydrogens is 685 g/mol. The van der Waals surface area contributed by atoms with Crippen LogP contribution >= 0.6 is 0 Å². The Kier molecular flexibility index (Phi) is 13.8.